The van der Waals surface area contributed by atoms with E-state index in [1.54, 1.807) is 0 Å². The number of piperidine rings is 1. The number of rotatable bonds is 4. The fourth-order valence-corrected chi connectivity index (χ4v) is 3.74. The molecule has 3 aromatic rings. The Morgan fingerprint density at radius 1 is 1.10 bits per heavy atom. The third-order valence-corrected chi connectivity index (χ3v) is 5.54. The van der Waals surface area contributed by atoms with Gasteiger partial charge >= 0.3 is 6.18 Å². The van der Waals surface area contributed by atoms with Crippen LogP contribution in [-0.4, -0.2) is 33.2 Å². The first-order valence-corrected chi connectivity index (χ1v) is 9.75. The number of aliphatic hydroxyl groups is 1. The number of aryl methyl sites for hydroxylation is 1. The van der Waals surface area contributed by atoms with Crippen molar-refractivity contribution in [3.63, 3.8) is 0 Å². The van der Waals surface area contributed by atoms with Crippen LogP contribution in [0.1, 0.15) is 35.4 Å². The normalized spacial score (nSPS) is 17.2. The number of benzene rings is 2. The lowest BCUT2D eigenvalue weighted by Crippen LogP contribution is -2.42. The van der Waals surface area contributed by atoms with Gasteiger partial charge in [-0.05, 0) is 37.5 Å². The molecule has 1 aromatic heterocycles. The first-order chi connectivity index (χ1) is 14.2. The molecule has 0 unspecified atom stereocenters. The molecule has 2 aromatic carbocycles. The van der Waals surface area contributed by atoms with E-state index in [0.29, 0.717) is 43.9 Å². The van der Waals surface area contributed by atoms with Gasteiger partial charge in [0.15, 0.2) is 0 Å². The topological polar surface area (TPSA) is 62.4 Å². The summed E-state index contributed by atoms with van der Waals surface area (Å²) in [5.74, 6) is 0.651. The molecule has 0 saturated carbocycles. The molecule has 0 radical (unpaired) electrons. The van der Waals surface area contributed by atoms with Crippen molar-refractivity contribution in [2.24, 2.45) is 0 Å². The van der Waals surface area contributed by atoms with Gasteiger partial charge in [0.05, 0.1) is 17.7 Å². The Balaban J connectivity index is 1.38. The van der Waals surface area contributed by atoms with Crippen LogP contribution in [0.3, 0.4) is 0 Å². The number of likely N-dealkylation sites (tertiary alicyclic amines) is 1. The van der Waals surface area contributed by atoms with E-state index in [2.05, 4.69) is 15.0 Å². The van der Waals surface area contributed by atoms with Gasteiger partial charge in [-0.25, -0.2) is 0 Å². The highest BCUT2D eigenvalue weighted by Crippen LogP contribution is 2.34. The molecule has 1 aliphatic rings. The van der Waals surface area contributed by atoms with E-state index in [9.17, 15) is 18.3 Å². The summed E-state index contributed by atoms with van der Waals surface area (Å²) in [5, 5.41) is 14.9. The second-order valence-corrected chi connectivity index (χ2v) is 7.76. The lowest BCUT2D eigenvalue weighted by molar-refractivity contribution is -0.137. The number of aromatic nitrogens is 2. The number of halogens is 3. The average molecular weight is 417 g/mol. The maximum atomic E-state index is 12.7. The van der Waals surface area contributed by atoms with Crippen LogP contribution in [0, 0.1) is 6.92 Å². The SMILES string of the molecule is Cc1cccc(C2(O)CCN(Cc3nc(-c4ccc(C(F)(F)F)cc4)no3)CC2)c1. The van der Waals surface area contributed by atoms with E-state index < -0.39 is 17.3 Å². The molecule has 1 saturated heterocycles. The molecular formula is C22H22F3N3O2. The van der Waals surface area contributed by atoms with Crippen LogP contribution in [-0.2, 0) is 18.3 Å². The van der Waals surface area contributed by atoms with Crippen molar-refractivity contribution in [1.82, 2.24) is 15.0 Å². The van der Waals surface area contributed by atoms with E-state index in [-0.39, 0.29) is 5.82 Å². The van der Waals surface area contributed by atoms with Crippen LogP contribution < -0.4 is 0 Å². The molecule has 0 amide bonds. The van der Waals surface area contributed by atoms with Crippen molar-refractivity contribution in [2.45, 2.75) is 38.1 Å². The summed E-state index contributed by atoms with van der Waals surface area (Å²) >= 11 is 0. The monoisotopic (exact) mass is 417 g/mol. The van der Waals surface area contributed by atoms with E-state index in [1.165, 1.54) is 12.1 Å². The number of hydrogen-bond acceptors (Lipinski definition) is 5. The van der Waals surface area contributed by atoms with Crippen molar-refractivity contribution in [3.05, 3.63) is 71.1 Å². The van der Waals surface area contributed by atoms with E-state index in [0.717, 1.165) is 23.3 Å². The largest absolute Gasteiger partial charge is 0.416 e. The first kappa shape index (κ1) is 20.6. The molecule has 158 valence electrons. The van der Waals surface area contributed by atoms with Gasteiger partial charge in [0, 0.05) is 18.7 Å². The van der Waals surface area contributed by atoms with E-state index in [1.807, 2.05) is 31.2 Å². The summed E-state index contributed by atoms with van der Waals surface area (Å²) < 4.78 is 43.4. The molecule has 5 nitrogen and oxygen atoms in total. The quantitative estimate of drug-likeness (QED) is 0.675. The van der Waals surface area contributed by atoms with E-state index in [4.69, 9.17) is 4.52 Å². The van der Waals surface area contributed by atoms with E-state index >= 15 is 0 Å². The summed E-state index contributed by atoms with van der Waals surface area (Å²) in [6.45, 7) is 3.77. The minimum Gasteiger partial charge on any atom is -0.385 e. The molecule has 0 spiro atoms. The third-order valence-electron chi connectivity index (χ3n) is 5.54. The highest BCUT2D eigenvalue weighted by Gasteiger charge is 2.34. The van der Waals surface area contributed by atoms with Crippen LogP contribution in [0.15, 0.2) is 53.1 Å². The summed E-state index contributed by atoms with van der Waals surface area (Å²) in [4.78, 5) is 6.43. The van der Waals surface area contributed by atoms with Gasteiger partial charge in [-0.15, -0.1) is 0 Å². The number of hydrogen-bond donors (Lipinski definition) is 1. The predicted molar refractivity (Wildman–Crippen MR) is 104 cm³/mol. The fraction of sp³-hybridized carbons (Fsp3) is 0.364. The Bertz CT molecular complexity index is 1010. The van der Waals surface area contributed by atoms with Crippen LogP contribution in [0.4, 0.5) is 13.2 Å². The van der Waals surface area contributed by atoms with Crippen molar-refractivity contribution >= 4 is 0 Å². The smallest absolute Gasteiger partial charge is 0.385 e. The second-order valence-electron chi connectivity index (χ2n) is 7.76. The van der Waals surface area contributed by atoms with Gasteiger partial charge < -0.3 is 9.63 Å². The molecule has 4 rings (SSSR count). The molecule has 1 fully saturated rings. The maximum absolute atomic E-state index is 12.7. The molecule has 2 heterocycles. The minimum absolute atomic E-state index is 0.256. The van der Waals surface area contributed by atoms with Gasteiger partial charge in [-0.3, -0.25) is 4.90 Å². The highest BCUT2D eigenvalue weighted by molar-refractivity contribution is 5.54. The average Bonchev–Trinajstić information content (AvgIpc) is 3.18. The Morgan fingerprint density at radius 3 is 2.43 bits per heavy atom. The molecule has 0 aliphatic carbocycles. The van der Waals surface area contributed by atoms with Crippen molar-refractivity contribution < 1.29 is 22.8 Å². The van der Waals surface area contributed by atoms with Crippen molar-refractivity contribution in [3.8, 4) is 11.4 Å². The van der Waals surface area contributed by atoms with Gasteiger partial charge in [0.2, 0.25) is 11.7 Å². The maximum Gasteiger partial charge on any atom is 0.416 e. The number of nitrogens with zero attached hydrogens (tertiary/aromatic N) is 3. The summed E-state index contributed by atoms with van der Waals surface area (Å²) in [6.07, 6.45) is -3.19. The number of alkyl halides is 3. The van der Waals surface area contributed by atoms with Gasteiger partial charge in [-0.1, -0.05) is 47.1 Å². The van der Waals surface area contributed by atoms with Crippen molar-refractivity contribution in [1.29, 1.82) is 0 Å². The predicted octanol–water partition coefficient (Wildman–Crippen LogP) is 4.55. The molecular weight excluding hydrogens is 395 g/mol. The Hall–Kier alpha value is -2.71. The van der Waals surface area contributed by atoms with Gasteiger partial charge in [0.1, 0.15) is 0 Å². The zero-order valence-electron chi connectivity index (χ0n) is 16.5. The molecule has 1 N–H and O–H groups in total. The Labute approximate surface area is 172 Å². The summed E-state index contributed by atoms with van der Waals surface area (Å²) in [7, 11) is 0. The molecule has 30 heavy (non-hydrogen) atoms. The minimum atomic E-state index is -4.38. The Morgan fingerprint density at radius 2 is 1.80 bits per heavy atom. The molecule has 0 atom stereocenters. The van der Waals surface area contributed by atoms with Crippen LogP contribution >= 0.6 is 0 Å². The van der Waals surface area contributed by atoms with Gasteiger partial charge in [-0.2, -0.15) is 18.2 Å². The second kappa shape index (κ2) is 7.85. The van der Waals surface area contributed by atoms with Crippen molar-refractivity contribution in [2.75, 3.05) is 13.1 Å². The summed E-state index contributed by atoms with van der Waals surface area (Å²) in [6, 6.07) is 12.6. The third kappa shape index (κ3) is 4.39. The molecule has 1 aliphatic heterocycles. The first-order valence-electron chi connectivity index (χ1n) is 9.75. The van der Waals surface area contributed by atoms with Gasteiger partial charge in [0.25, 0.3) is 0 Å². The lowest BCUT2D eigenvalue weighted by Gasteiger charge is -2.38. The molecule has 0 bridgehead atoms. The zero-order chi connectivity index (χ0) is 21.4. The highest BCUT2D eigenvalue weighted by atomic mass is 19.4. The van der Waals surface area contributed by atoms with Crippen LogP contribution in [0.25, 0.3) is 11.4 Å². The zero-order valence-corrected chi connectivity index (χ0v) is 16.5. The van der Waals surface area contributed by atoms with Crippen LogP contribution in [0.5, 0.6) is 0 Å². The fourth-order valence-electron chi connectivity index (χ4n) is 3.74. The van der Waals surface area contributed by atoms with Crippen LogP contribution in [0.2, 0.25) is 0 Å². The lowest BCUT2D eigenvalue weighted by atomic mass is 9.84. The summed E-state index contributed by atoms with van der Waals surface area (Å²) in [5.41, 5.74) is 0.951. The molecule has 8 heteroatoms. The standard InChI is InChI=1S/C22H22F3N3O2/c1-15-3-2-4-18(13-15)21(29)9-11-28(12-10-21)14-19-26-20(27-30-19)16-5-7-17(8-6-16)22(23,24)25/h2-8,13,29H,9-12,14H2,1H3. The Kier molecular flexibility index (Phi) is 5.38.